The fourth-order valence-corrected chi connectivity index (χ4v) is 2.60. The molecule has 0 amide bonds. The average molecular weight is 316 g/mol. The van der Waals surface area contributed by atoms with Gasteiger partial charge in [0.1, 0.15) is 5.82 Å². The molecule has 0 unspecified atom stereocenters. The third-order valence-corrected chi connectivity index (χ3v) is 3.65. The second-order valence-electron chi connectivity index (χ2n) is 4.52. The number of primary sulfonamides is 1. The number of hydrogen-bond donors (Lipinski definition) is 1. The van der Waals surface area contributed by atoms with E-state index in [1.807, 2.05) is 6.92 Å². The van der Waals surface area contributed by atoms with Crippen LogP contribution in [0.2, 0.25) is 0 Å². The van der Waals surface area contributed by atoms with Crippen molar-refractivity contribution in [2.75, 3.05) is 0 Å². The second-order valence-corrected chi connectivity index (χ2v) is 5.98. The standard InChI is InChI=1S/C12H14F2N4O2S/c1-2-5-18-11(16-17-12(18)21(15,19)20)7-8-3-4-9(13)10(14)6-8/h3-4,6H,2,5,7H2,1H3,(H2,15,19,20). The summed E-state index contributed by atoms with van der Waals surface area (Å²) in [4.78, 5) is 0. The van der Waals surface area contributed by atoms with Gasteiger partial charge in [-0.2, -0.15) is 0 Å². The lowest BCUT2D eigenvalue weighted by atomic mass is 10.1. The number of sulfonamides is 1. The summed E-state index contributed by atoms with van der Waals surface area (Å²) in [5, 5.41) is 12.1. The number of hydrogen-bond acceptors (Lipinski definition) is 4. The van der Waals surface area contributed by atoms with Crippen LogP contribution < -0.4 is 5.14 Å². The van der Waals surface area contributed by atoms with Gasteiger partial charge in [0.25, 0.3) is 15.2 Å². The van der Waals surface area contributed by atoms with Crippen molar-refractivity contribution >= 4 is 10.0 Å². The zero-order chi connectivity index (χ0) is 15.6. The Hall–Kier alpha value is -1.87. The first-order valence-corrected chi connectivity index (χ1v) is 7.76. The van der Waals surface area contributed by atoms with Crippen LogP contribution in [-0.2, 0) is 23.0 Å². The van der Waals surface area contributed by atoms with E-state index in [2.05, 4.69) is 10.2 Å². The molecule has 0 aliphatic rings. The van der Waals surface area contributed by atoms with E-state index in [1.54, 1.807) is 0 Å². The van der Waals surface area contributed by atoms with Crippen LogP contribution in [0.5, 0.6) is 0 Å². The molecule has 0 radical (unpaired) electrons. The predicted molar refractivity (Wildman–Crippen MR) is 70.9 cm³/mol. The number of halogens is 2. The monoisotopic (exact) mass is 316 g/mol. The Balaban J connectivity index is 2.40. The molecule has 0 aliphatic carbocycles. The van der Waals surface area contributed by atoms with Gasteiger partial charge < -0.3 is 4.57 Å². The summed E-state index contributed by atoms with van der Waals surface area (Å²) in [7, 11) is -3.99. The molecule has 0 aliphatic heterocycles. The Kier molecular flexibility index (Phi) is 4.33. The highest BCUT2D eigenvalue weighted by molar-refractivity contribution is 7.89. The summed E-state index contributed by atoms with van der Waals surface area (Å²) in [5.41, 5.74) is 0.458. The minimum absolute atomic E-state index is 0.125. The molecule has 0 saturated carbocycles. The average Bonchev–Trinajstić information content (AvgIpc) is 2.77. The third-order valence-electron chi connectivity index (χ3n) is 2.84. The van der Waals surface area contributed by atoms with Crippen LogP contribution >= 0.6 is 0 Å². The van der Waals surface area contributed by atoms with Crippen LogP contribution in [0.3, 0.4) is 0 Å². The summed E-state index contributed by atoms with van der Waals surface area (Å²) in [5.74, 6) is -1.59. The lowest BCUT2D eigenvalue weighted by Crippen LogP contribution is -2.19. The molecule has 114 valence electrons. The molecule has 0 saturated heterocycles. The minimum atomic E-state index is -3.99. The van der Waals surface area contributed by atoms with Crippen molar-refractivity contribution in [2.24, 2.45) is 5.14 Å². The van der Waals surface area contributed by atoms with Crippen molar-refractivity contribution in [3.05, 3.63) is 41.2 Å². The molecular weight excluding hydrogens is 302 g/mol. The van der Waals surface area contributed by atoms with Crippen LogP contribution in [0.25, 0.3) is 0 Å². The molecule has 2 aromatic rings. The van der Waals surface area contributed by atoms with Crippen LogP contribution in [0.1, 0.15) is 24.7 Å². The highest BCUT2D eigenvalue weighted by atomic mass is 32.2. The van der Waals surface area contributed by atoms with Gasteiger partial charge in [0.05, 0.1) is 0 Å². The lowest BCUT2D eigenvalue weighted by molar-refractivity contribution is 0.507. The van der Waals surface area contributed by atoms with Crippen molar-refractivity contribution in [3.63, 3.8) is 0 Å². The molecule has 0 bridgehead atoms. The van der Waals surface area contributed by atoms with E-state index in [0.29, 0.717) is 24.4 Å². The molecule has 0 spiro atoms. The second kappa shape index (κ2) is 5.86. The Morgan fingerprint density at radius 1 is 1.24 bits per heavy atom. The highest BCUT2D eigenvalue weighted by Crippen LogP contribution is 2.15. The Morgan fingerprint density at radius 3 is 2.52 bits per heavy atom. The van der Waals surface area contributed by atoms with E-state index in [-0.39, 0.29) is 11.6 Å². The summed E-state index contributed by atoms with van der Waals surface area (Å²) < 4.78 is 50.3. The van der Waals surface area contributed by atoms with Crippen LogP contribution in [0.4, 0.5) is 8.78 Å². The molecule has 9 heteroatoms. The normalized spacial score (nSPS) is 11.8. The zero-order valence-corrected chi connectivity index (χ0v) is 12.1. The maximum Gasteiger partial charge on any atom is 0.273 e. The van der Waals surface area contributed by atoms with Crippen LogP contribution in [-0.4, -0.2) is 23.2 Å². The molecule has 6 nitrogen and oxygen atoms in total. The number of aromatic nitrogens is 3. The maximum absolute atomic E-state index is 13.2. The van der Waals surface area contributed by atoms with Crippen LogP contribution in [0.15, 0.2) is 23.4 Å². The van der Waals surface area contributed by atoms with Gasteiger partial charge in [-0.05, 0) is 24.1 Å². The topological polar surface area (TPSA) is 90.9 Å². The summed E-state index contributed by atoms with van der Waals surface area (Å²) >= 11 is 0. The largest absolute Gasteiger partial charge is 0.300 e. The summed E-state index contributed by atoms with van der Waals surface area (Å²) in [6.45, 7) is 2.21. The Labute approximate surface area is 120 Å². The van der Waals surface area contributed by atoms with Gasteiger partial charge in [0.2, 0.25) is 0 Å². The van der Waals surface area contributed by atoms with Gasteiger partial charge in [-0.25, -0.2) is 22.3 Å². The fraction of sp³-hybridized carbons (Fsp3) is 0.333. The third kappa shape index (κ3) is 3.42. The van der Waals surface area contributed by atoms with E-state index in [1.165, 1.54) is 10.6 Å². The highest BCUT2D eigenvalue weighted by Gasteiger charge is 2.20. The molecular formula is C12H14F2N4O2S. The molecule has 1 aromatic heterocycles. The van der Waals surface area contributed by atoms with Crippen molar-refractivity contribution in [3.8, 4) is 0 Å². The molecule has 2 N–H and O–H groups in total. The first-order chi connectivity index (χ1) is 9.82. The molecule has 21 heavy (non-hydrogen) atoms. The molecule has 1 aromatic carbocycles. The molecule has 0 atom stereocenters. The van der Waals surface area contributed by atoms with Crippen molar-refractivity contribution < 1.29 is 17.2 Å². The van der Waals surface area contributed by atoms with Gasteiger partial charge in [0.15, 0.2) is 11.6 Å². The predicted octanol–water partition coefficient (Wildman–Crippen LogP) is 1.20. The smallest absolute Gasteiger partial charge is 0.273 e. The van der Waals surface area contributed by atoms with Crippen molar-refractivity contribution in [2.45, 2.75) is 31.5 Å². The van der Waals surface area contributed by atoms with Gasteiger partial charge in [-0.3, -0.25) is 0 Å². The van der Waals surface area contributed by atoms with E-state index in [9.17, 15) is 17.2 Å². The van der Waals surface area contributed by atoms with Gasteiger partial charge >= 0.3 is 0 Å². The molecule has 2 rings (SSSR count). The van der Waals surface area contributed by atoms with Gasteiger partial charge in [0, 0.05) is 13.0 Å². The SMILES string of the molecule is CCCn1c(Cc2ccc(F)c(F)c2)nnc1S(N)(=O)=O. The number of benzene rings is 1. The van der Waals surface area contributed by atoms with Gasteiger partial charge in [-0.15, -0.1) is 10.2 Å². The maximum atomic E-state index is 13.2. The number of nitrogens with zero attached hydrogens (tertiary/aromatic N) is 3. The van der Waals surface area contributed by atoms with E-state index >= 15 is 0 Å². The quantitative estimate of drug-likeness (QED) is 0.897. The van der Waals surface area contributed by atoms with Gasteiger partial charge in [-0.1, -0.05) is 13.0 Å². The Bertz CT molecular complexity index is 759. The lowest BCUT2D eigenvalue weighted by Gasteiger charge is -2.08. The zero-order valence-electron chi connectivity index (χ0n) is 11.3. The summed E-state index contributed by atoms with van der Waals surface area (Å²) in [6.07, 6.45) is 0.769. The minimum Gasteiger partial charge on any atom is -0.300 e. The number of nitrogens with two attached hydrogens (primary N) is 1. The van der Waals surface area contributed by atoms with Crippen LogP contribution in [0, 0.1) is 11.6 Å². The van der Waals surface area contributed by atoms with Crippen molar-refractivity contribution in [1.82, 2.24) is 14.8 Å². The summed E-state index contributed by atoms with van der Waals surface area (Å²) in [6, 6.07) is 3.45. The first kappa shape index (κ1) is 15.5. The van der Waals surface area contributed by atoms with E-state index in [0.717, 1.165) is 12.1 Å². The Morgan fingerprint density at radius 2 is 1.95 bits per heavy atom. The fourth-order valence-electron chi connectivity index (χ4n) is 1.94. The number of rotatable bonds is 5. The van der Waals surface area contributed by atoms with E-state index < -0.39 is 21.7 Å². The molecule has 1 heterocycles. The van der Waals surface area contributed by atoms with E-state index in [4.69, 9.17) is 5.14 Å². The molecule has 0 fully saturated rings. The first-order valence-electron chi connectivity index (χ1n) is 6.21. The van der Waals surface area contributed by atoms with Crippen molar-refractivity contribution in [1.29, 1.82) is 0 Å².